The number of carbonyl (C=O) groups excluding carboxylic acids is 1. The maximum Gasteiger partial charge on any atom is 0.227 e. The smallest absolute Gasteiger partial charge is 0.227 e. The van der Waals surface area contributed by atoms with Gasteiger partial charge in [-0.05, 0) is 38.3 Å². The zero-order valence-electron chi connectivity index (χ0n) is 14.7. The van der Waals surface area contributed by atoms with E-state index in [0.717, 1.165) is 47.8 Å². The summed E-state index contributed by atoms with van der Waals surface area (Å²) in [5.74, 6) is 0.877. The lowest BCUT2D eigenvalue weighted by molar-refractivity contribution is -0.131. The van der Waals surface area contributed by atoms with Crippen LogP contribution in [0, 0.1) is 13.8 Å². The van der Waals surface area contributed by atoms with Gasteiger partial charge in [0.15, 0.2) is 0 Å². The number of aromatic nitrogens is 3. The number of hydrogen-bond acceptors (Lipinski definition) is 4. The van der Waals surface area contributed by atoms with Crippen molar-refractivity contribution in [2.75, 3.05) is 13.7 Å². The van der Waals surface area contributed by atoms with Gasteiger partial charge in [-0.3, -0.25) is 9.78 Å². The zero-order chi connectivity index (χ0) is 17.3. The quantitative estimate of drug-likeness (QED) is 0.864. The van der Waals surface area contributed by atoms with Crippen LogP contribution >= 0.6 is 0 Å². The van der Waals surface area contributed by atoms with Gasteiger partial charge in [0.05, 0.1) is 30.8 Å². The molecule has 0 aliphatic carbocycles. The van der Waals surface area contributed by atoms with E-state index < -0.39 is 0 Å². The summed E-state index contributed by atoms with van der Waals surface area (Å²) >= 11 is 0. The van der Waals surface area contributed by atoms with E-state index in [-0.39, 0.29) is 11.9 Å². The number of carbonyl (C=O) groups is 1. The van der Waals surface area contributed by atoms with Crippen molar-refractivity contribution < 1.29 is 9.53 Å². The van der Waals surface area contributed by atoms with E-state index in [1.807, 2.05) is 37.9 Å². The van der Waals surface area contributed by atoms with Crippen LogP contribution in [-0.2, 0) is 18.3 Å². The van der Waals surface area contributed by atoms with Crippen LogP contribution in [0.15, 0.2) is 18.3 Å². The molecule has 1 amide bonds. The number of ether oxygens (including phenoxy) is 1. The first-order chi connectivity index (χ1) is 11.5. The Morgan fingerprint density at radius 3 is 2.83 bits per heavy atom. The Balaban J connectivity index is 1.83. The highest BCUT2D eigenvalue weighted by Crippen LogP contribution is 2.39. The maximum atomic E-state index is 12.8. The molecule has 128 valence electrons. The van der Waals surface area contributed by atoms with E-state index in [4.69, 9.17) is 4.74 Å². The average Bonchev–Trinajstić information content (AvgIpc) is 3.13. The van der Waals surface area contributed by atoms with Crippen molar-refractivity contribution in [3.8, 4) is 5.88 Å². The number of rotatable bonds is 4. The lowest BCUT2D eigenvalue weighted by Crippen LogP contribution is -2.32. The summed E-state index contributed by atoms with van der Waals surface area (Å²) < 4.78 is 7.27. The Morgan fingerprint density at radius 1 is 1.38 bits per heavy atom. The van der Waals surface area contributed by atoms with Gasteiger partial charge in [0.1, 0.15) is 0 Å². The molecule has 1 saturated heterocycles. The predicted octanol–water partition coefficient (Wildman–Crippen LogP) is 2.35. The molecule has 2 aromatic rings. The molecule has 6 heteroatoms. The lowest BCUT2D eigenvalue weighted by Gasteiger charge is -2.25. The van der Waals surface area contributed by atoms with E-state index in [0.29, 0.717) is 6.42 Å². The molecule has 0 spiro atoms. The van der Waals surface area contributed by atoms with Gasteiger partial charge in [-0.15, -0.1) is 0 Å². The molecule has 0 saturated carbocycles. The Hall–Kier alpha value is -2.37. The van der Waals surface area contributed by atoms with Crippen molar-refractivity contribution in [3.63, 3.8) is 0 Å². The van der Waals surface area contributed by atoms with Gasteiger partial charge in [0.2, 0.25) is 11.8 Å². The van der Waals surface area contributed by atoms with Crippen LogP contribution in [-0.4, -0.2) is 39.2 Å². The lowest BCUT2D eigenvalue weighted by atomic mass is 10.0. The molecule has 24 heavy (non-hydrogen) atoms. The maximum absolute atomic E-state index is 12.8. The van der Waals surface area contributed by atoms with Gasteiger partial charge < -0.3 is 9.64 Å². The Labute approximate surface area is 142 Å². The van der Waals surface area contributed by atoms with Crippen molar-refractivity contribution in [2.24, 2.45) is 7.05 Å². The Kier molecular flexibility index (Phi) is 4.55. The van der Waals surface area contributed by atoms with E-state index in [1.165, 1.54) is 0 Å². The first-order valence-corrected chi connectivity index (χ1v) is 8.29. The second kappa shape index (κ2) is 6.63. The van der Waals surface area contributed by atoms with E-state index in [2.05, 4.69) is 10.1 Å². The van der Waals surface area contributed by atoms with Gasteiger partial charge in [-0.25, -0.2) is 4.68 Å². The SMILES string of the molecule is COc1c(C2CCCN2C(=O)Cc2ccc(C)nc2)c(C)nn1C. The second-order valence-electron chi connectivity index (χ2n) is 6.36. The minimum atomic E-state index is 0.0413. The standard InChI is InChI=1S/C18H24N4O2/c1-12-7-8-14(11-19-12)10-16(23)22-9-5-6-15(22)17-13(2)20-21(3)18(17)24-4/h7-8,11,15H,5-6,9-10H2,1-4H3. The fourth-order valence-electron chi connectivity index (χ4n) is 3.52. The van der Waals surface area contributed by atoms with Gasteiger partial charge in [0, 0.05) is 25.5 Å². The monoisotopic (exact) mass is 328 g/mol. The van der Waals surface area contributed by atoms with Gasteiger partial charge in [-0.1, -0.05) is 6.07 Å². The van der Waals surface area contributed by atoms with Gasteiger partial charge in [0.25, 0.3) is 0 Å². The molecular formula is C18H24N4O2. The van der Waals surface area contributed by atoms with Gasteiger partial charge in [-0.2, -0.15) is 5.10 Å². The molecule has 1 aliphatic heterocycles. The Morgan fingerprint density at radius 2 is 2.17 bits per heavy atom. The van der Waals surface area contributed by atoms with Crippen LogP contribution in [0.5, 0.6) is 5.88 Å². The number of likely N-dealkylation sites (tertiary alicyclic amines) is 1. The molecular weight excluding hydrogens is 304 g/mol. The molecule has 6 nitrogen and oxygen atoms in total. The number of nitrogens with zero attached hydrogens (tertiary/aromatic N) is 4. The van der Waals surface area contributed by atoms with Crippen LogP contribution in [0.25, 0.3) is 0 Å². The van der Waals surface area contributed by atoms with Crippen LogP contribution in [0.3, 0.4) is 0 Å². The first-order valence-electron chi connectivity index (χ1n) is 8.29. The first kappa shape index (κ1) is 16.5. The van der Waals surface area contributed by atoms with E-state index in [1.54, 1.807) is 18.0 Å². The van der Waals surface area contributed by atoms with Crippen molar-refractivity contribution >= 4 is 5.91 Å². The number of aryl methyl sites for hydroxylation is 3. The third kappa shape index (κ3) is 3.00. The molecule has 0 bridgehead atoms. The van der Waals surface area contributed by atoms with Gasteiger partial charge >= 0.3 is 0 Å². The van der Waals surface area contributed by atoms with Crippen molar-refractivity contribution in [1.29, 1.82) is 0 Å². The van der Waals surface area contributed by atoms with Crippen molar-refractivity contribution in [2.45, 2.75) is 39.2 Å². The molecule has 1 unspecified atom stereocenters. The molecule has 0 aromatic carbocycles. The number of amides is 1. The minimum absolute atomic E-state index is 0.0413. The van der Waals surface area contributed by atoms with Crippen molar-refractivity contribution in [1.82, 2.24) is 19.7 Å². The molecule has 3 heterocycles. The van der Waals surface area contributed by atoms with Crippen LogP contribution in [0.2, 0.25) is 0 Å². The zero-order valence-corrected chi connectivity index (χ0v) is 14.7. The molecule has 3 rings (SSSR count). The number of methoxy groups -OCH3 is 1. The van der Waals surface area contributed by atoms with Crippen molar-refractivity contribution in [3.05, 3.63) is 40.8 Å². The highest BCUT2D eigenvalue weighted by Gasteiger charge is 2.34. The Bertz CT molecular complexity index is 736. The highest BCUT2D eigenvalue weighted by molar-refractivity contribution is 5.79. The summed E-state index contributed by atoms with van der Waals surface area (Å²) in [5, 5.41) is 4.46. The molecule has 0 N–H and O–H groups in total. The number of hydrogen-bond donors (Lipinski definition) is 0. The second-order valence-corrected chi connectivity index (χ2v) is 6.36. The number of pyridine rings is 1. The van der Waals surface area contributed by atoms with E-state index >= 15 is 0 Å². The summed E-state index contributed by atoms with van der Waals surface area (Å²) in [5.41, 5.74) is 3.87. The largest absolute Gasteiger partial charge is 0.481 e. The summed E-state index contributed by atoms with van der Waals surface area (Å²) in [4.78, 5) is 19.1. The molecule has 0 radical (unpaired) electrons. The summed E-state index contributed by atoms with van der Waals surface area (Å²) in [6, 6.07) is 3.96. The van der Waals surface area contributed by atoms with Crippen LogP contribution in [0.4, 0.5) is 0 Å². The third-order valence-corrected chi connectivity index (χ3v) is 4.64. The average molecular weight is 328 g/mol. The summed E-state index contributed by atoms with van der Waals surface area (Å²) in [7, 11) is 3.52. The fourth-order valence-corrected chi connectivity index (χ4v) is 3.52. The molecule has 1 fully saturated rings. The topological polar surface area (TPSA) is 60.2 Å². The molecule has 1 atom stereocenters. The molecule has 2 aromatic heterocycles. The predicted molar refractivity (Wildman–Crippen MR) is 90.9 cm³/mol. The van der Waals surface area contributed by atoms with Crippen LogP contribution in [0.1, 0.15) is 41.4 Å². The minimum Gasteiger partial charge on any atom is -0.481 e. The highest BCUT2D eigenvalue weighted by atomic mass is 16.5. The summed E-state index contributed by atoms with van der Waals surface area (Å²) in [6.45, 7) is 4.70. The third-order valence-electron chi connectivity index (χ3n) is 4.64. The fraction of sp³-hybridized carbons (Fsp3) is 0.500. The van der Waals surface area contributed by atoms with Crippen LogP contribution < -0.4 is 4.74 Å². The van der Waals surface area contributed by atoms with E-state index in [9.17, 15) is 4.79 Å². The summed E-state index contributed by atoms with van der Waals surface area (Å²) in [6.07, 6.45) is 4.11. The molecule has 1 aliphatic rings. The normalized spacial score (nSPS) is 17.3.